The SMILES string of the molecule is CC(C)c1nn(CC(=O)N[C@@H]2CCCCN(C)C2)c(=O)c2cc3ccsc3n12. The zero-order valence-electron chi connectivity index (χ0n) is 16.6. The zero-order chi connectivity index (χ0) is 19.8. The van der Waals surface area contributed by atoms with E-state index in [1.807, 2.05) is 21.9 Å². The standard InChI is InChI=1S/C20H27N5O2S/c1-13(2)18-22-24(12-17(26)21-15-6-4-5-8-23(3)11-15)19(27)16-10-14-7-9-28-20(14)25(16)18/h7,9-10,13,15H,4-6,8,11-12H2,1-3H3,(H,21,26)/t15-/m1/s1. The molecule has 1 aliphatic rings. The van der Waals surface area contributed by atoms with Gasteiger partial charge in [-0.1, -0.05) is 20.3 Å². The zero-order valence-corrected chi connectivity index (χ0v) is 17.5. The molecular formula is C20H27N5O2S. The Morgan fingerprint density at radius 1 is 1.39 bits per heavy atom. The number of fused-ring (bicyclic) bond motifs is 3. The summed E-state index contributed by atoms with van der Waals surface area (Å²) in [5, 5.41) is 10.7. The van der Waals surface area contributed by atoms with Crippen LogP contribution in [-0.2, 0) is 11.3 Å². The summed E-state index contributed by atoms with van der Waals surface area (Å²) in [5.41, 5.74) is 0.364. The van der Waals surface area contributed by atoms with Crippen molar-refractivity contribution in [1.82, 2.24) is 24.4 Å². The van der Waals surface area contributed by atoms with E-state index < -0.39 is 0 Å². The molecule has 3 aromatic heterocycles. The van der Waals surface area contributed by atoms with Crippen LogP contribution < -0.4 is 10.9 Å². The van der Waals surface area contributed by atoms with Crippen LogP contribution in [0.3, 0.4) is 0 Å². The van der Waals surface area contributed by atoms with Gasteiger partial charge in [-0.15, -0.1) is 11.3 Å². The second kappa shape index (κ2) is 7.67. The summed E-state index contributed by atoms with van der Waals surface area (Å²) >= 11 is 1.60. The molecule has 0 spiro atoms. The van der Waals surface area contributed by atoms with Crippen molar-refractivity contribution in [3.63, 3.8) is 0 Å². The summed E-state index contributed by atoms with van der Waals surface area (Å²) in [6.07, 6.45) is 3.24. The predicted molar refractivity (Wildman–Crippen MR) is 112 cm³/mol. The van der Waals surface area contributed by atoms with Crippen LogP contribution >= 0.6 is 11.3 Å². The first kappa shape index (κ1) is 19.1. The fraction of sp³-hybridized carbons (Fsp3) is 0.550. The van der Waals surface area contributed by atoms with Gasteiger partial charge in [-0.2, -0.15) is 5.10 Å². The van der Waals surface area contributed by atoms with E-state index >= 15 is 0 Å². The van der Waals surface area contributed by atoms with E-state index in [1.54, 1.807) is 11.3 Å². The Bertz CT molecular complexity index is 1060. The molecule has 4 rings (SSSR count). The normalized spacial score (nSPS) is 18.8. The van der Waals surface area contributed by atoms with Gasteiger partial charge in [0.1, 0.15) is 22.7 Å². The smallest absolute Gasteiger partial charge is 0.291 e. The minimum Gasteiger partial charge on any atom is -0.350 e. The maximum Gasteiger partial charge on any atom is 0.291 e. The van der Waals surface area contributed by atoms with Gasteiger partial charge >= 0.3 is 0 Å². The van der Waals surface area contributed by atoms with Crippen LogP contribution in [0.2, 0.25) is 0 Å². The highest BCUT2D eigenvalue weighted by Crippen LogP contribution is 2.26. The van der Waals surface area contributed by atoms with E-state index in [0.29, 0.717) is 5.52 Å². The van der Waals surface area contributed by atoms with Crippen LogP contribution in [0.1, 0.15) is 44.9 Å². The van der Waals surface area contributed by atoms with Gasteiger partial charge in [-0.3, -0.25) is 14.0 Å². The molecule has 1 fully saturated rings. The molecule has 0 aliphatic carbocycles. The average Bonchev–Trinajstić information content (AvgIpc) is 3.16. The van der Waals surface area contributed by atoms with Gasteiger partial charge in [0, 0.05) is 23.9 Å². The highest BCUT2D eigenvalue weighted by Gasteiger charge is 2.21. The molecule has 0 unspecified atom stereocenters. The first-order chi connectivity index (χ1) is 13.4. The van der Waals surface area contributed by atoms with Crippen LogP contribution in [0.5, 0.6) is 0 Å². The van der Waals surface area contributed by atoms with Crippen LogP contribution in [0.4, 0.5) is 0 Å². The Balaban J connectivity index is 1.64. The Hall–Kier alpha value is -2.19. The molecule has 4 heterocycles. The third-order valence-corrected chi connectivity index (χ3v) is 6.28. The van der Waals surface area contributed by atoms with Crippen LogP contribution in [0.25, 0.3) is 15.7 Å². The summed E-state index contributed by atoms with van der Waals surface area (Å²) in [7, 11) is 2.08. The van der Waals surface area contributed by atoms with Gasteiger partial charge < -0.3 is 10.2 Å². The van der Waals surface area contributed by atoms with E-state index in [4.69, 9.17) is 0 Å². The van der Waals surface area contributed by atoms with Crippen molar-refractivity contribution >= 4 is 33.0 Å². The maximum absolute atomic E-state index is 13.0. The Morgan fingerprint density at radius 3 is 3.00 bits per heavy atom. The number of hydrogen-bond acceptors (Lipinski definition) is 5. The molecule has 1 N–H and O–H groups in total. The summed E-state index contributed by atoms with van der Waals surface area (Å²) in [6, 6.07) is 4.04. The number of hydrogen-bond donors (Lipinski definition) is 1. The lowest BCUT2D eigenvalue weighted by molar-refractivity contribution is -0.122. The first-order valence-corrected chi connectivity index (χ1v) is 10.8. The third-order valence-electron chi connectivity index (χ3n) is 5.37. The van der Waals surface area contributed by atoms with E-state index in [9.17, 15) is 9.59 Å². The molecule has 1 saturated heterocycles. The van der Waals surface area contributed by atoms with Crippen molar-refractivity contribution < 1.29 is 4.79 Å². The fourth-order valence-electron chi connectivity index (χ4n) is 3.99. The molecule has 1 atom stereocenters. The van der Waals surface area contributed by atoms with Gasteiger partial charge in [0.05, 0.1) is 0 Å². The maximum atomic E-state index is 13.0. The summed E-state index contributed by atoms with van der Waals surface area (Å²) < 4.78 is 3.27. The molecule has 3 aromatic rings. The number of carbonyl (C=O) groups excluding carboxylic acids is 1. The van der Waals surface area contributed by atoms with E-state index in [0.717, 1.165) is 48.4 Å². The molecule has 0 saturated carbocycles. The number of likely N-dealkylation sites (tertiary alicyclic amines) is 1. The molecule has 0 aromatic carbocycles. The number of aromatic nitrogens is 3. The number of thiophene rings is 1. The summed E-state index contributed by atoms with van der Waals surface area (Å²) in [5.74, 6) is 0.780. The molecule has 7 nitrogen and oxygen atoms in total. The lowest BCUT2D eigenvalue weighted by atomic mass is 10.1. The predicted octanol–water partition coefficient (Wildman–Crippen LogP) is 2.43. The number of nitrogens with one attached hydrogen (secondary N) is 1. The fourth-order valence-corrected chi connectivity index (χ4v) is 4.90. The highest BCUT2D eigenvalue weighted by atomic mass is 32.1. The molecule has 1 aliphatic heterocycles. The van der Waals surface area contributed by atoms with E-state index in [1.165, 1.54) is 4.68 Å². The van der Waals surface area contributed by atoms with E-state index in [-0.39, 0.29) is 30.0 Å². The number of likely N-dealkylation sites (N-methyl/N-ethyl adjacent to an activating group) is 1. The second-order valence-electron chi connectivity index (χ2n) is 8.04. The Morgan fingerprint density at radius 2 is 2.21 bits per heavy atom. The topological polar surface area (TPSA) is 71.6 Å². The Labute approximate surface area is 167 Å². The largest absolute Gasteiger partial charge is 0.350 e. The van der Waals surface area contributed by atoms with Gasteiger partial charge in [0.25, 0.3) is 5.56 Å². The minimum atomic E-state index is -0.221. The lowest BCUT2D eigenvalue weighted by Crippen LogP contribution is -2.44. The summed E-state index contributed by atoms with van der Waals surface area (Å²) in [6.45, 7) is 5.97. The van der Waals surface area contributed by atoms with Gasteiger partial charge in [-0.05, 0) is 43.9 Å². The second-order valence-corrected chi connectivity index (χ2v) is 8.94. The molecule has 1 amide bonds. The molecule has 150 valence electrons. The van der Waals surface area contributed by atoms with Crippen molar-refractivity contribution in [3.05, 3.63) is 33.7 Å². The quantitative estimate of drug-likeness (QED) is 0.729. The molecule has 8 heteroatoms. The molecular weight excluding hydrogens is 374 g/mol. The van der Waals surface area contributed by atoms with Gasteiger partial charge in [-0.25, -0.2) is 4.68 Å². The van der Waals surface area contributed by atoms with Gasteiger partial charge in [0.15, 0.2) is 0 Å². The summed E-state index contributed by atoms with van der Waals surface area (Å²) in [4.78, 5) is 28.9. The molecule has 0 bridgehead atoms. The van der Waals surface area contributed by atoms with Crippen LogP contribution in [0.15, 0.2) is 22.3 Å². The lowest BCUT2D eigenvalue weighted by Gasteiger charge is -2.21. The Kier molecular flexibility index (Phi) is 5.25. The minimum absolute atomic E-state index is 0.0475. The van der Waals surface area contributed by atoms with Crippen molar-refractivity contribution in [2.75, 3.05) is 20.1 Å². The third kappa shape index (κ3) is 3.58. The monoisotopic (exact) mass is 401 g/mol. The number of nitrogens with zero attached hydrogens (tertiary/aromatic N) is 4. The van der Waals surface area contributed by atoms with Crippen molar-refractivity contribution in [3.8, 4) is 0 Å². The molecule has 0 radical (unpaired) electrons. The van der Waals surface area contributed by atoms with E-state index in [2.05, 4.69) is 36.2 Å². The van der Waals surface area contributed by atoms with Gasteiger partial charge in [0.2, 0.25) is 5.91 Å². The van der Waals surface area contributed by atoms with Crippen molar-refractivity contribution in [1.29, 1.82) is 0 Å². The molecule has 28 heavy (non-hydrogen) atoms. The highest BCUT2D eigenvalue weighted by molar-refractivity contribution is 7.16. The van der Waals surface area contributed by atoms with Crippen molar-refractivity contribution in [2.24, 2.45) is 0 Å². The average molecular weight is 402 g/mol. The number of amides is 1. The number of carbonyl (C=O) groups is 1. The first-order valence-electron chi connectivity index (χ1n) is 9.91. The van der Waals surface area contributed by atoms with Crippen LogP contribution in [0, 0.1) is 0 Å². The van der Waals surface area contributed by atoms with Crippen LogP contribution in [-0.4, -0.2) is 51.2 Å². The number of rotatable bonds is 4. The van der Waals surface area contributed by atoms with Crippen molar-refractivity contribution in [2.45, 2.75) is 51.6 Å².